The zero-order valence-corrected chi connectivity index (χ0v) is 14.3. The van der Waals surface area contributed by atoms with Crippen molar-refractivity contribution in [2.24, 2.45) is 0 Å². The van der Waals surface area contributed by atoms with Crippen LogP contribution in [0.3, 0.4) is 0 Å². The van der Waals surface area contributed by atoms with E-state index in [4.69, 9.17) is 4.74 Å². The van der Waals surface area contributed by atoms with Gasteiger partial charge in [0.1, 0.15) is 0 Å². The van der Waals surface area contributed by atoms with Crippen LogP contribution in [0.4, 0.5) is 0 Å². The molecule has 7 heteroatoms. The van der Waals surface area contributed by atoms with Crippen molar-refractivity contribution in [1.82, 2.24) is 14.8 Å². The van der Waals surface area contributed by atoms with Crippen molar-refractivity contribution in [3.05, 3.63) is 20.7 Å². The first-order chi connectivity index (χ1) is 10.5. The Bertz CT molecular complexity index is 544. The summed E-state index contributed by atoms with van der Waals surface area (Å²) in [5.41, 5.74) is 0.916. The third kappa shape index (κ3) is 4.93. The van der Waals surface area contributed by atoms with Crippen molar-refractivity contribution >= 4 is 17.2 Å². The number of amides is 1. The summed E-state index contributed by atoms with van der Waals surface area (Å²) in [5.74, 6) is -0.00754. The molecule has 1 fully saturated rings. The maximum atomic E-state index is 11.9. The fraction of sp³-hybridized carbons (Fsp3) is 0.733. The summed E-state index contributed by atoms with van der Waals surface area (Å²) in [6.07, 6.45) is 0.828. The average molecular weight is 327 g/mol. The third-order valence-electron chi connectivity index (χ3n) is 3.78. The SMILES string of the molecule is Cc1csc(=O)n1CCC(=O)NCCN1C[C@H](C)O[C@@H](C)C1. The highest BCUT2D eigenvalue weighted by molar-refractivity contribution is 7.07. The van der Waals surface area contributed by atoms with Gasteiger partial charge in [0.15, 0.2) is 0 Å². The van der Waals surface area contributed by atoms with Crippen molar-refractivity contribution in [2.75, 3.05) is 26.2 Å². The van der Waals surface area contributed by atoms with Crippen LogP contribution in [0.5, 0.6) is 0 Å². The van der Waals surface area contributed by atoms with E-state index in [-0.39, 0.29) is 23.0 Å². The first-order valence-corrected chi connectivity index (χ1v) is 8.63. The molecule has 0 bridgehead atoms. The van der Waals surface area contributed by atoms with E-state index in [2.05, 4.69) is 24.1 Å². The molecule has 1 amide bonds. The molecule has 124 valence electrons. The fourth-order valence-electron chi connectivity index (χ4n) is 2.80. The second kappa shape index (κ2) is 7.89. The standard InChI is InChI=1S/C15H25N3O3S/c1-11-10-22-15(20)18(11)6-4-14(19)16-5-7-17-8-12(2)21-13(3)9-17/h10,12-13H,4-9H2,1-3H3,(H,16,19)/t12-,13-/m0/s1. The molecule has 1 N–H and O–H groups in total. The molecule has 1 saturated heterocycles. The number of thiazole rings is 1. The van der Waals surface area contributed by atoms with Gasteiger partial charge >= 0.3 is 4.87 Å². The van der Waals surface area contributed by atoms with Crippen LogP contribution in [0, 0.1) is 6.92 Å². The lowest BCUT2D eigenvalue weighted by atomic mass is 10.2. The number of carbonyl (C=O) groups excluding carboxylic acids is 1. The lowest BCUT2D eigenvalue weighted by molar-refractivity contribution is -0.121. The molecular weight excluding hydrogens is 302 g/mol. The van der Waals surface area contributed by atoms with Crippen molar-refractivity contribution in [2.45, 2.75) is 45.9 Å². The minimum absolute atomic E-state index is 0.00147. The number of nitrogens with one attached hydrogen (secondary N) is 1. The lowest BCUT2D eigenvalue weighted by Gasteiger charge is -2.35. The van der Waals surface area contributed by atoms with Crippen LogP contribution in [0.25, 0.3) is 0 Å². The van der Waals surface area contributed by atoms with E-state index >= 15 is 0 Å². The summed E-state index contributed by atoms with van der Waals surface area (Å²) in [4.78, 5) is 25.7. The van der Waals surface area contributed by atoms with Crippen LogP contribution >= 0.6 is 11.3 Å². The number of carbonyl (C=O) groups is 1. The molecule has 0 spiro atoms. The molecule has 1 aliphatic rings. The number of aryl methyl sites for hydroxylation is 1. The number of ether oxygens (including phenoxy) is 1. The van der Waals surface area contributed by atoms with Gasteiger partial charge in [0.2, 0.25) is 5.91 Å². The second-order valence-electron chi connectivity index (χ2n) is 5.91. The molecular formula is C15H25N3O3S. The van der Waals surface area contributed by atoms with E-state index < -0.39 is 0 Å². The van der Waals surface area contributed by atoms with Crippen LogP contribution in [-0.4, -0.2) is 53.8 Å². The Balaban J connectivity index is 1.67. The van der Waals surface area contributed by atoms with Crippen molar-refractivity contribution in [1.29, 1.82) is 0 Å². The largest absolute Gasteiger partial charge is 0.373 e. The number of hydrogen-bond acceptors (Lipinski definition) is 5. The maximum Gasteiger partial charge on any atom is 0.307 e. The quantitative estimate of drug-likeness (QED) is 0.841. The Morgan fingerprint density at radius 1 is 1.36 bits per heavy atom. The highest BCUT2D eigenvalue weighted by Crippen LogP contribution is 2.09. The van der Waals surface area contributed by atoms with Crippen LogP contribution in [0.1, 0.15) is 26.0 Å². The monoisotopic (exact) mass is 327 g/mol. The van der Waals surface area contributed by atoms with Gasteiger partial charge in [0, 0.05) is 50.2 Å². The Hall–Kier alpha value is -1.18. The molecule has 0 aromatic carbocycles. The molecule has 2 rings (SSSR count). The predicted octanol–water partition coefficient (Wildman–Crippen LogP) is 0.834. The average Bonchev–Trinajstić information content (AvgIpc) is 2.75. The molecule has 0 saturated carbocycles. The minimum atomic E-state index is -0.00754. The first kappa shape index (κ1) is 17.2. The lowest BCUT2D eigenvalue weighted by Crippen LogP contribution is -2.47. The molecule has 22 heavy (non-hydrogen) atoms. The molecule has 2 atom stereocenters. The van der Waals surface area contributed by atoms with E-state index in [1.165, 1.54) is 11.3 Å². The second-order valence-corrected chi connectivity index (χ2v) is 6.73. The predicted molar refractivity (Wildman–Crippen MR) is 87.4 cm³/mol. The maximum absolute atomic E-state index is 11.9. The number of morpholine rings is 1. The summed E-state index contributed by atoms with van der Waals surface area (Å²) in [6, 6.07) is 0. The van der Waals surface area contributed by atoms with E-state index in [0.29, 0.717) is 19.5 Å². The van der Waals surface area contributed by atoms with E-state index in [9.17, 15) is 9.59 Å². The van der Waals surface area contributed by atoms with Crippen LogP contribution < -0.4 is 10.2 Å². The minimum Gasteiger partial charge on any atom is -0.373 e. The topological polar surface area (TPSA) is 63.6 Å². The van der Waals surface area contributed by atoms with E-state index in [1.54, 1.807) is 4.57 Å². The number of aromatic nitrogens is 1. The van der Waals surface area contributed by atoms with Gasteiger partial charge in [-0.15, -0.1) is 0 Å². The van der Waals surface area contributed by atoms with E-state index in [0.717, 1.165) is 25.3 Å². The van der Waals surface area contributed by atoms with E-state index in [1.807, 2.05) is 12.3 Å². The molecule has 1 aliphatic heterocycles. The summed E-state index contributed by atoms with van der Waals surface area (Å²) >= 11 is 1.18. The molecule has 1 aromatic rings. The molecule has 0 radical (unpaired) electrons. The Labute approximate surface area is 135 Å². The smallest absolute Gasteiger partial charge is 0.307 e. The van der Waals surface area contributed by atoms with Crippen molar-refractivity contribution in [3.8, 4) is 0 Å². The summed E-state index contributed by atoms with van der Waals surface area (Å²) in [5, 5.41) is 4.75. The Morgan fingerprint density at radius 3 is 2.64 bits per heavy atom. The molecule has 6 nitrogen and oxygen atoms in total. The van der Waals surface area contributed by atoms with Gasteiger partial charge in [-0.1, -0.05) is 11.3 Å². The number of rotatable bonds is 6. The van der Waals surface area contributed by atoms with Gasteiger partial charge < -0.3 is 14.6 Å². The summed E-state index contributed by atoms with van der Waals surface area (Å²) < 4.78 is 7.33. The van der Waals surface area contributed by atoms with Gasteiger partial charge in [-0.3, -0.25) is 14.5 Å². The van der Waals surface area contributed by atoms with Gasteiger partial charge in [-0.25, -0.2) is 0 Å². The molecule has 0 aliphatic carbocycles. The van der Waals surface area contributed by atoms with Gasteiger partial charge in [0.25, 0.3) is 0 Å². The van der Waals surface area contributed by atoms with Gasteiger partial charge in [0.05, 0.1) is 12.2 Å². The molecule has 1 aromatic heterocycles. The van der Waals surface area contributed by atoms with Crippen molar-refractivity contribution in [3.63, 3.8) is 0 Å². The first-order valence-electron chi connectivity index (χ1n) is 7.75. The third-order valence-corrected chi connectivity index (χ3v) is 4.67. The van der Waals surface area contributed by atoms with Crippen molar-refractivity contribution < 1.29 is 9.53 Å². The zero-order chi connectivity index (χ0) is 16.1. The van der Waals surface area contributed by atoms with Gasteiger partial charge in [-0.05, 0) is 20.8 Å². The Kier molecular flexibility index (Phi) is 6.16. The highest BCUT2D eigenvalue weighted by Gasteiger charge is 2.21. The fourth-order valence-corrected chi connectivity index (χ4v) is 3.56. The molecule has 0 unspecified atom stereocenters. The van der Waals surface area contributed by atoms with Gasteiger partial charge in [-0.2, -0.15) is 0 Å². The number of nitrogens with zero attached hydrogens (tertiary/aromatic N) is 2. The van der Waals surface area contributed by atoms with Crippen LogP contribution in [-0.2, 0) is 16.1 Å². The highest BCUT2D eigenvalue weighted by atomic mass is 32.1. The zero-order valence-electron chi connectivity index (χ0n) is 13.5. The molecule has 2 heterocycles. The summed E-state index contributed by atoms with van der Waals surface area (Å²) in [7, 11) is 0. The Morgan fingerprint density at radius 2 is 2.05 bits per heavy atom. The van der Waals surface area contributed by atoms with Crippen LogP contribution in [0.2, 0.25) is 0 Å². The summed E-state index contributed by atoms with van der Waals surface area (Å²) in [6.45, 7) is 9.76. The van der Waals surface area contributed by atoms with Crippen LogP contribution in [0.15, 0.2) is 10.2 Å². The number of hydrogen-bond donors (Lipinski definition) is 1. The normalized spacial score (nSPS) is 22.7.